The monoisotopic (exact) mass is 364 g/mol. The van der Waals surface area contributed by atoms with E-state index in [0.29, 0.717) is 0 Å². The standard InChI is InChI=1S/2C13H26/c2*1-8-7-9(2)11(4)13(6)12(5)10(8)3/h2*8-13H,7H2,1-6H3. The summed E-state index contributed by atoms with van der Waals surface area (Å²) in [6.45, 7) is 29.3. The predicted octanol–water partition coefficient (Wildman–Crippen LogP) is 8.41. The molecule has 0 spiro atoms. The van der Waals surface area contributed by atoms with Gasteiger partial charge in [0.05, 0.1) is 0 Å². The van der Waals surface area contributed by atoms with Crippen LogP contribution in [0.5, 0.6) is 0 Å². The lowest BCUT2D eigenvalue weighted by Crippen LogP contribution is -2.22. The van der Waals surface area contributed by atoms with Crippen LogP contribution in [0.15, 0.2) is 0 Å². The normalized spacial score (nSPS) is 53.1. The van der Waals surface area contributed by atoms with Crippen molar-refractivity contribution in [3.8, 4) is 0 Å². The quantitative estimate of drug-likeness (QED) is 0.378. The molecule has 0 saturated heterocycles. The maximum absolute atomic E-state index is 2.44. The number of hydrogen-bond donors (Lipinski definition) is 0. The second-order valence-corrected chi connectivity index (χ2v) is 11.3. The lowest BCUT2D eigenvalue weighted by Gasteiger charge is -2.29. The van der Waals surface area contributed by atoms with Crippen molar-refractivity contribution in [2.75, 3.05) is 0 Å². The van der Waals surface area contributed by atoms with Crippen LogP contribution in [-0.2, 0) is 0 Å². The van der Waals surface area contributed by atoms with Crippen molar-refractivity contribution in [2.24, 2.45) is 71.0 Å². The molecule has 0 aromatic heterocycles. The first-order valence-corrected chi connectivity index (χ1v) is 11.9. The first kappa shape index (κ1) is 24.0. The van der Waals surface area contributed by atoms with Crippen LogP contribution in [0.2, 0.25) is 0 Å². The first-order chi connectivity index (χ1) is 11.9. The maximum atomic E-state index is 2.44. The predicted molar refractivity (Wildman–Crippen MR) is 119 cm³/mol. The van der Waals surface area contributed by atoms with Gasteiger partial charge in [0.25, 0.3) is 0 Å². The highest BCUT2D eigenvalue weighted by atomic mass is 14.4. The van der Waals surface area contributed by atoms with Gasteiger partial charge in [0.2, 0.25) is 0 Å². The third-order valence-corrected chi connectivity index (χ3v) is 10.1. The van der Waals surface area contributed by atoms with Crippen LogP contribution >= 0.6 is 0 Å². The molecule has 12 atom stereocenters. The molecule has 2 aliphatic rings. The van der Waals surface area contributed by atoms with Gasteiger partial charge in [0.15, 0.2) is 0 Å². The van der Waals surface area contributed by atoms with Gasteiger partial charge in [-0.05, 0) is 83.9 Å². The van der Waals surface area contributed by atoms with Crippen LogP contribution in [0.1, 0.15) is 95.9 Å². The van der Waals surface area contributed by atoms with E-state index in [1.165, 1.54) is 12.8 Å². The van der Waals surface area contributed by atoms with Crippen LogP contribution in [0.3, 0.4) is 0 Å². The highest BCUT2D eigenvalue weighted by molar-refractivity contribution is 4.84. The van der Waals surface area contributed by atoms with Gasteiger partial charge in [-0.15, -0.1) is 0 Å². The average molecular weight is 365 g/mol. The number of rotatable bonds is 0. The fourth-order valence-electron chi connectivity index (χ4n) is 6.02. The Bertz CT molecular complexity index is 325. The average Bonchev–Trinajstić information content (AvgIpc) is 2.70. The highest BCUT2D eigenvalue weighted by Gasteiger charge is 2.35. The van der Waals surface area contributed by atoms with Crippen LogP contribution in [0.25, 0.3) is 0 Å². The first-order valence-electron chi connectivity index (χ1n) is 11.9. The summed E-state index contributed by atoms with van der Waals surface area (Å²) in [5.41, 5.74) is 0. The van der Waals surface area contributed by atoms with Gasteiger partial charge in [-0.3, -0.25) is 0 Å². The molecule has 2 fully saturated rings. The maximum Gasteiger partial charge on any atom is -0.0386 e. The van der Waals surface area contributed by atoms with Gasteiger partial charge >= 0.3 is 0 Å². The summed E-state index contributed by atoms with van der Waals surface area (Å²) in [5.74, 6) is 10.9. The minimum Gasteiger partial charge on any atom is -0.0622 e. The van der Waals surface area contributed by atoms with E-state index in [1.54, 1.807) is 0 Å². The van der Waals surface area contributed by atoms with Gasteiger partial charge < -0.3 is 0 Å². The zero-order valence-electron chi connectivity index (χ0n) is 20.3. The number of hydrogen-bond acceptors (Lipinski definition) is 0. The van der Waals surface area contributed by atoms with E-state index < -0.39 is 0 Å². The molecule has 0 N–H and O–H groups in total. The fourth-order valence-corrected chi connectivity index (χ4v) is 6.02. The molecule has 2 saturated carbocycles. The van der Waals surface area contributed by atoms with E-state index >= 15 is 0 Å². The second kappa shape index (κ2) is 9.97. The molecule has 156 valence electrons. The van der Waals surface area contributed by atoms with Gasteiger partial charge in [-0.1, -0.05) is 83.1 Å². The van der Waals surface area contributed by atoms with E-state index in [2.05, 4.69) is 83.1 Å². The molecule has 2 aliphatic carbocycles. The Balaban J connectivity index is 0.000000260. The van der Waals surface area contributed by atoms with E-state index in [-0.39, 0.29) is 0 Å². The zero-order chi connectivity index (χ0) is 20.3. The summed E-state index contributed by atoms with van der Waals surface area (Å²) in [4.78, 5) is 0. The van der Waals surface area contributed by atoms with Crippen molar-refractivity contribution in [1.29, 1.82) is 0 Å². The Labute approximate surface area is 167 Å². The lowest BCUT2D eigenvalue weighted by atomic mass is 9.77. The largest absolute Gasteiger partial charge is 0.0622 e. The summed E-state index contributed by atoms with van der Waals surface area (Å²) in [6, 6.07) is 0. The van der Waals surface area contributed by atoms with Crippen LogP contribution in [-0.4, -0.2) is 0 Å². The summed E-state index contributed by atoms with van der Waals surface area (Å²) < 4.78 is 0. The molecular weight excluding hydrogens is 312 g/mol. The Hall–Kier alpha value is 0. The molecule has 0 heterocycles. The van der Waals surface area contributed by atoms with E-state index in [4.69, 9.17) is 0 Å². The van der Waals surface area contributed by atoms with Crippen molar-refractivity contribution in [2.45, 2.75) is 95.9 Å². The Morgan fingerprint density at radius 1 is 0.269 bits per heavy atom. The molecule has 0 nitrogen and oxygen atoms in total. The van der Waals surface area contributed by atoms with Crippen LogP contribution in [0.4, 0.5) is 0 Å². The summed E-state index contributed by atoms with van der Waals surface area (Å²) in [5, 5.41) is 0. The molecule has 0 aliphatic heterocycles. The van der Waals surface area contributed by atoms with Crippen molar-refractivity contribution in [3.05, 3.63) is 0 Å². The SMILES string of the molecule is CC1CC(C)C(C)C(C)C(C)C1C.CC1CC(C)C(C)C(C)C(C)C1C. The summed E-state index contributed by atoms with van der Waals surface area (Å²) in [6.07, 6.45) is 2.86. The highest BCUT2D eigenvalue weighted by Crippen LogP contribution is 2.43. The summed E-state index contributed by atoms with van der Waals surface area (Å²) >= 11 is 0. The van der Waals surface area contributed by atoms with Gasteiger partial charge in [0.1, 0.15) is 0 Å². The van der Waals surface area contributed by atoms with Gasteiger partial charge in [0, 0.05) is 0 Å². The Morgan fingerprint density at radius 3 is 0.577 bits per heavy atom. The van der Waals surface area contributed by atoms with Crippen LogP contribution < -0.4 is 0 Å². The molecule has 26 heavy (non-hydrogen) atoms. The molecule has 2 rings (SSSR count). The van der Waals surface area contributed by atoms with Crippen molar-refractivity contribution in [3.63, 3.8) is 0 Å². The van der Waals surface area contributed by atoms with E-state index in [1.807, 2.05) is 0 Å². The molecule has 0 bridgehead atoms. The van der Waals surface area contributed by atoms with E-state index in [9.17, 15) is 0 Å². The Kier molecular flexibility index (Phi) is 9.22. The topological polar surface area (TPSA) is 0 Å². The smallest absolute Gasteiger partial charge is 0.0386 e. The molecule has 12 unspecified atom stereocenters. The molecule has 0 aromatic rings. The molecule has 0 amide bonds. The van der Waals surface area contributed by atoms with Crippen LogP contribution in [0, 0.1) is 71.0 Å². The lowest BCUT2D eigenvalue weighted by molar-refractivity contribution is 0.199. The molecule has 0 aromatic carbocycles. The molecule has 0 heteroatoms. The minimum absolute atomic E-state index is 0.898. The van der Waals surface area contributed by atoms with E-state index in [0.717, 1.165) is 71.0 Å². The molecule has 0 radical (unpaired) electrons. The zero-order valence-corrected chi connectivity index (χ0v) is 20.3. The minimum atomic E-state index is 0.898. The summed E-state index contributed by atoms with van der Waals surface area (Å²) in [7, 11) is 0. The second-order valence-electron chi connectivity index (χ2n) is 11.3. The van der Waals surface area contributed by atoms with Crippen molar-refractivity contribution >= 4 is 0 Å². The molecular formula is C26H52. The van der Waals surface area contributed by atoms with Gasteiger partial charge in [-0.25, -0.2) is 0 Å². The van der Waals surface area contributed by atoms with Crippen molar-refractivity contribution < 1.29 is 0 Å². The third-order valence-electron chi connectivity index (χ3n) is 10.1. The third kappa shape index (κ3) is 5.51. The van der Waals surface area contributed by atoms with Crippen molar-refractivity contribution in [1.82, 2.24) is 0 Å². The fraction of sp³-hybridized carbons (Fsp3) is 1.00. The van der Waals surface area contributed by atoms with Gasteiger partial charge in [-0.2, -0.15) is 0 Å². The Morgan fingerprint density at radius 2 is 0.423 bits per heavy atom.